The third kappa shape index (κ3) is 53.1. The summed E-state index contributed by atoms with van der Waals surface area (Å²) < 4.78 is 96.6. The number of likely N-dealkylation sites (N-methyl/N-ethyl adjacent to an activating group) is 2. The second-order valence-electron chi connectivity index (χ2n) is 21.2. The summed E-state index contributed by atoms with van der Waals surface area (Å²) in [7, 11) is 2.94. The lowest BCUT2D eigenvalue weighted by Crippen LogP contribution is -2.63. The van der Waals surface area contributed by atoms with Crippen molar-refractivity contribution >= 4 is 28.6 Å². The number of hydrogen-bond donors (Lipinski definition) is 0. The molecule has 0 N–H and O–H groups in total. The first-order chi connectivity index (χ1) is 38.2. The summed E-state index contributed by atoms with van der Waals surface area (Å²) in [5.41, 5.74) is 0. The lowest BCUT2D eigenvalue weighted by atomic mass is 10.2. The molecule has 0 atom stereocenters. The Hall–Kier alpha value is -1.39. The van der Waals surface area contributed by atoms with Gasteiger partial charge in [-0.05, 0) is 64.0 Å². The SMILES string of the molecule is CCC(=O)OCCOCCOCCOCCCCOCCOCCOCCOOCCC[Si](C)(C)O[Si](C)(C)CCCOCCOCCOCCOCCOCCOCCOCCOCCOC(=O)C[N+]1(C)CC[N+](C)(C)CC1. The van der Waals surface area contributed by atoms with Gasteiger partial charge < -0.3 is 88.9 Å². The summed E-state index contributed by atoms with van der Waals surface area (Å²) in [6.07, 6.45) is 4.07. The molecule has 1 rings (SSSR count). The fraction of sp³-hybridized carbons (Fsp3) is 0.963. The normalized spacial score (nSPS) is 14.5. The summed E-state index contributed by atoms with van der Waals surface area (Å²) in [6.45, 7) is 31.0. The van der Waals surface area contributed by atoms with E-state index in [0.717, 1.165) is 72.9 Å². The molecule has 1 fully saturated rings. The Bertz CT molecular complexity index is 1370. The van der Waals surface area contributed by atoms with Crippen LogP contribution in [0.4, 0.5) is 0 Å². The van der Waals surface area contributed by atoms with Gasteiger partial charge in [-0.15, -0.1) is 0 Å². The van der Waals surface area contributed by atoms with E-state index in [1.807, 2.05) is 0 Å². The lowest BCUT2D eigenvalue weighted by Gasteiger charge is -2.43. The standard InChI is InChI=1S/C54H112N2O21Si2/c1-9-53(57)73-47-44-70-41-38-62-25-22-59-18-10-11-19-60-23-26-63-40-43-72-46-49-76-75-21-13-51-79(7,8)77-78(5,6)50-12-20-61-24-27-64-28-29-65-30-31-66-32-33-67-34-35-68-36-37-69-39-42-71-45-48-74-54(58)52-56(4)16-14-55(2,3)15-17-56/h9-52H2,1-8H3/q+2. The molecule has 0 aromatic heterocycles. The maximum absolute atomic E-state index is 12.3. The van der Waals surface area contributed by atoms with Gasteiger partial charge in [0.1, 0.15) is 46.0 Å². The number of carbonyl (C=O) groups is 2. The van der Waals surface area contributed by atoms with Crippen LogP contribution in [0.2, 0.25) is 38.3 Å². The van der Waals surface area contributed by atoms with Gasteiger partial charge in [-0.2, -0.15) is 0 Å². The molecule has 0 aromatic rings. The van der Waals surface area contributed by atoms with Crippen molar-refractivity contribution in [3.63, 3.8) is 0 Å². The fourth-order valence-corrected chi connectivity index (χ4v) is 16.4. The number of carbonyl (C=O) groups excluding carboxylic acids is 2. The van der Waals surface area contributed by atoms with E-state index in [-0.39, 0.29) is 25.2 Å². The van der Waals surface area contributed by atoms with Crippen LogP contribution in [-0.2, 0) is 99.3 Å². The predicted octanol–water partition coefficient (Wildman–Crippen LogP) is 4.19. The van der Waals surface area contributed by atoms with Gasteiger partial charge in [0.15, 0.2) is 23.2 Å². The average molecular weight is 1180 g/mol. The summed E-state index contributed by atoms with van der Waals surface area (Å²) in [4.78, 5) is 34.0. The van der Waals surface area contributed by atoms with Gasteiger partial charge in [0, 0.05) is 26.2 Å². The predicted molar refractivity (Wildman–Crippen MR) is 302 cm³/mol. The van der Waals surface area contributed by atoms with E-state index < -0.39 is 16.6 Å². The van der Waals surface area contributed by atoms with E-state index in [9.17, 15) is 9.59 Å². The molecule has 79 heavy (non-hydrogen) atoms. The number of rotatable bonds is 61. The highest BCUT2D eigenvalue weighted by atomic mass is 28.4. The minimum absolute atomic E-state index is 0.166. The summed E-state index contributed by atoms with van der Waals surface area (Å²) in [6, 6.07) is 2.05. The highest BCUT2D eigenvalue weighted by molar-refractivity contribution is 6.84. The number of unbranched alkanes of at least 4 members (excludes halogenated alkanes) is 1. The monoisotopic (exact) mass is 1180 g/mol. The minimum atomic E-state index is -1.84. The van der Waals surface area contributed by atoms with Gasteiger partial charge in [0.25, 0.3) is 0 Å². The second-order valence-corrected chi connectivity index (χ2v) is 30.0. The third-order valence-corrected chi connectivity index (χ3v) is 19.7. The van der Waals surface area contributed by atoms with Crippen LogP contribution in [0, 0.1) is 0 Å². The summed E-state index contributed by atoms with van der Waals surface area (Å²) in [5.74, 6) is -0.386. The Morgan fingerprint density at radius 3 is 0.937 bits per heavy atom. The van der Waals surface area contributed by atoms with Gasteiger partial charge >= 0.3 is 11.9 Å². The number of esters is 2. The summed E-state index contributed by atoms with van der Waals surface area (Å²) in [5, 5.41) is 0. The molecular formula is C54H112N2O21Si2+2. The molecule has 1 aliphatic heterocycles. The number of nitrogens with zero attached hydrogens (tertiary/aromatic N) is 2. The van der Waals surface area contributed by atoms with E-state index in [1.54, 1.807) is 6.92 Å². The quantitative estimate of drug-likeness (QED) is 0.0209. The van der Waals surface area contributed by atoms with Crippen LogP contribution in [0.15, 0.2) is 0 Å². The van der Waals surface area contributed by atoms with Gasteiger partial charge in [0.05, 0.1) is 193 Å². The molecule has 0 radical (unpaired) electrons. The molecule has 0 unspecified atom stereocenters. The van der Waals surface area contributed by atoms with E-state index in [2.05, 4.69) is 47.3 Å². The van der Waals surface area contributed by atoms with Crippen molar-refractivity contribution in [2.24, 2.45) is 0 Å². The number of quaternary nitrogens is 2. The third-order valence-electron chi connectivity index (χ3n) is 12.2. The van der Waals surface area contributed by atoms with Crippen LogP contribution < -0.4 is 0 Å². The zero-order chi connectivity index (χ0) is 57.7. The highest BCUT2D eigenvalue weighted by Gasteiger charge is 2.36. The van der Waals surface area contributed by atoms with Crippen molar-refractivity contribution in [1.82, 2.24) is 0 Å². The topological polar surface area (TPSA) is 210 Å². The largest absolute Gasteiger partial charge is 0.463 e. The molecule has 25 heteroatoms. The zero-order valence-corrected chi connectivity index (χ0v) is 52.6. The number of hydrogen-bond acceptors (Lipinski definition) is 21. The van der Waals surface area contributed by atoms with Crippen molar-refractivity contribution in [3.8, 4) is 0 Å². The van der Waals surface area contributed by atoms with Gasteiger partial charge in [-0.3, -0.25) is 4.79 Å². The molecule has 1 heterocycles. The Labute approximate surface area is 477 Å². The van der Waals surface area contributed by atoms with Crippen LogP contribution in [0.25, 0.3) is 0 Å². The smallest absolute Gasteiger partial charge is 0.361 e. The van der Waals surface area contributed by atoms with E-state index in [4.69, 9.17) is 89.7 Å². The Morgan fingerprint density at radius 1 is 0.329 bits per heavy atom. The van der Waals surface area contributed by atoms with Crippen molar-refractivity contribution in [2.45, 2.75) is 77.3 Å². The fourth-order valence-electron chi connectivity index (χ4n) is 7.65. The molecule has 0 spiro atoms. The Morgan fingerprint density at radius 2 is 0.595 bits per heavy atom. The number of ether oxygens (including phenoxy) is 16. The van der Waals surface area contributed by atoms with Gasteiger partial charge in [-0.25, -0.2) is 14.6 Å². The van der Waals surface area contributed by atoms with Crippen LogP contribution in [0.5, 0.6) is 0 Å². The van der Waals surface area contributed by atoms with Crippen LogP contribution >= 0.6 is 0 Å². The van der Waals surface area contributed by atoms with Crippen LogP contribution in [0.3, 0.4) is 0 Å². The first-order valence-corrected chi connectivity index (χ1v) is 35.4. The molecule has 0 amide bonds. The summed E-state index contributed by atoms with van der Waals surface area (Å²) >= 11 is 0. The lowest BCUT2D eigenvalue weighted by molar-refractivity contribution is -1.00. The Balaban J connectivity index is 1.75. The van der Waals surface area contributed by atoms with Gasteiger partial charge in [-0.1, -0.05) is 6.92 Å². The zero-order valence-electron chi connectivity index (χ0n) is 50.6. The Kier molecular flexibility index (Phi) is 50.0. The van der Waals surface area contributed by atoms with Crippen molar-refractivity contribution in [3.05, 3.63) is 0 Å². The average Bonchev–Trinajstić information content (AvgIpc) is 3.42. The highest BCUT2D eigenvalue weighted by Crippen LogP contribution is 2.24. The minimum Gasteiger partial charge on any atom is -0.463 e. The molecular weight excluding hydrogens is 1070 g/mol. The van der Waals surface area contributed by atoms with Crippen molar-refractivity contribution in [1.29, 1.82) is 0 Å². The molecule has 470 valence electrons. The molecule has 1 aliphatic rings. The maximum atomic E-state index is 12.3. The van der Waals surface area contributed by atoms with Crippen LogP contribution in [0.1, 0.15) is 39.0 Å². The van der Waals surface area contributed by atoms with Crippen molar-refractivity contribution < 1.29 is 108 Å². The van der Waals surface area contributed by atoms with Gasteiger partial charge in [0.2, 0.25) is 0 Å². The van der Waals surface area contributed by atoms with Crippen molar-refractivity contribution in [2.75, 3.05) is 265 Å². The first kappa shape index (κ1) is 75.6. The molecule has 0 saturated carbocycles. The van der Waals surface area contributed by atoms with E-state index in [1.165, 1.54) is 0 Å². The van der Waals surface area contributed by atoms with Crippen LogP contribution in [-0.4, -0.2) is 303 Å². The molecule has 1 saturated heterocycles. The molecule has 0 aliphatic carbocycles. The molecule has 0 aromatic carbocycles. The van der Waals surface area contributed by atoms with E-state index >= 15 is 0 Å². The second kappa shape index (κ2) is 52.2. The number of piperazine rings is 1. The molecule has 0 bridgehead atoms. The van der Waals surface area contributed by atoms with E-state index in [0.29, 0.717) is 211 Å². The molecule has 23 nitrogen and oxygen atoms in total. The first-order valence-electron chi connectivity index (χ1n) is 29.2. The maximum Gasteiger partial charge on any atom is 0.361 e.